The topological polar surface area (TPSA) is 67.8 Å². The molecule has 0 aromatic heterocycles. The van der Waals surface area contributed by atoms with Crippen LogP contribution in [0.4, 0.5) is 4.39 Å². The van der Waals surface area contributed by atoms with E-state index in [2.05, 4.69) is 5.16 Å². The van der Waals surface area contributed by atoms with Crippen LogP contribution in [-0.2, 0) is 18.0 Å². The highest BCUT2D eigenvalue weighted by Gasteiger charge is 2.03. The summed E-state index contributed by atoms with van der Waals surface area (Å²) >= 11 is 0. The van der Waals surface area contributed by atoms with Gasteiger partial charge in [-0.15, -0.1) is 0 Å². The molecule has 0 atom stereocenters. The monoisotopic (exact) mass is 274 g/mol. The predicted molar refractivity (Wildman–Crippen MR) is 73.8 cm³/mol. The average molecular weight is 274 g/mol. The van der Waals surface area contributed by atoms with Crippen molar-refractivity contribution in [1.29, 1.82) is 0 Å². The third-order valence-electron chi connectivity index (χ3n) is 2.81. The second-order valence-electron chi connectivity index (χ2n) is 4.27. The normalized spacial score (nSPS) is 11.6. The van der Waals surface area contributed by atoms with Gasteiger partial charge < -0.3 is 15.7 Å². The standard InChI is InChI=1S/C15H15FN2O2/c16-14-7-2-1-5-13(14)10-20-9-11-4-3-6-12(8-11)15(17)18-19/h1-8,19H,9-10H2,(H2,17,18). The molecular formula is C15H15FN2O2. The van der Waals surface area contributed by atoms with E-state index >= 15 is 0 Å². The van der Waals surface area contributed by atoms with Crippen molar-refractivity contribution in [2.45, 2.75) is 13.2 Å². The summed E-state index contributed by atoms with van der Waals surface area (Å²) in [6.07, 6.45) is 0. The molecule has 5 heteroatoms. The van der Waals surface area contributed by atoms with Crippen LogP contribution in [-0.4, -0.2) is 11.0 Å². The molecule has 0 radical (unpaired) electrons. The molecule has 2 aromatic carbocycles. The molecular weight excluding hydrogens is 259 g/mol. The minimum absolute atomic E-state index is 0.0425. The first-order chi connectivity index (χ1) is 9.70. The van der Waals surface area contributed by atoms with Crippen LogP contribution in [0, 0.1) is 5.82 Å². The van der Waals surface area contributed by atoms with Crippen molar-refractivity contribution in [3.05, 3.63) is 71.0 Å². The highest BCUT2D eigenvalue weighted by atomic mass is 19.1. The van der Waals surface area contributed by atoms with Crippen LogP contribution in [0.1, 0.15) is 16.7 Å². The van der Waals surface area contributed by atoms with Gasteiger partial charge in [0, 0.05) is 11.1 Å². The zero-order valence-electron chi connectivity index (χ0n) is 10.8. The Balaban J connectivity index is 1.96. The average Bonchev–Trinajstić information content (AvgIpc) is 2.49. The van der Waals surface area contributed by atoms with Crippen molar-refractivity contribution in [3.8, 4) is 0 Å². The number of nitrogens with zero attached hydrogens (tertiary/aromatic N) is 1. The van der Waals surface area contributed by atoms with E-state index in [0.717, 1.165) is 5.56 Å². The molecule has 0 aliphatic rings. The largest absolute Gasteiger partial charge is 0.409 e. The number of rotatable bonds is 5. The number of amidine groups is 1. The first-order valence-electron chi connectivity index (χ1n) is 6.08. The quantitative estimate of drug-likeness (QED) is 0.381. The number of halogens is 1. The second-order valence-corrected chi connectivity index (χ2v) is 4.27. The van der Waals surface area contributed by atoms with Gasteiger partial charge in [-0.2, -0.15) is 0 Å². The van der Waals surface area contributed by atoms with Crippen molar-refractivity contribution in [2.24, 2.45) is 10.9 Å². The minimum atomic E-state index is -0.280. The molecule has 104 valence electrons. The lowest BCUT2D eigenvalue weighted by Crippen LogP contribution is -2.13. The van der Waals surface area contributed by atoms with Crippen LogP contribution in [0.3, 0.4) is 0 Å². The Morgan fingerprint density at radius 3 is 2.70 bits per heavy atom. The number of ether oxygens (including phenoxy) is 1. The van der Waals surface area contributed by atoms with Crippen LogP contribution < -0.4 is 5.73 Å². The van der Waals surface area contributed by atoms with E-state index in [-0.39, 0.29) is 18.3 Å². The summed E-state index contributed by atoms with van der Waals surface area (Å²) in [6.45, 7) is 0.515. The lowest BCUT2D eigenvalue weighted by molar-refractivity contribution is 0.105. The molecule has 0 bridgehead atoms. The van der Waals surface area contributed by atoms with Gasteiger partial charge in [-0.05, 0) is 17.7 Å². The molecule has 0 saturated heterocycles. The molecule has 0 saturated carbocycles. The smallest absolute Gasteiger partial charge is 0.170 e. The molecule has 2 rings (SSSR count). The maximum absolute atomic E-state index is 13.4. The van der Waals surface area contributed by atoms with Crippen LogP contribution >= 0.6 is 0 Å². The minimum Gasteiger partial charge on any atom is -0.409 e. The molecule has 0 amide bonds. The van der Waals surface area contributed by atoms with Gasteiger partial charge in [-0.1, -0.05) is 41.6 Å². The Morgan fingerprint density at radius 1 is 1.15 bits per heavy atom. The molecule has 0 aliphatic heterocycles. The van der Waals surface area contributed by atoms with E-state index in [1.807, 2.05) is 6.07 Å². The fourth-order valence-electron chi connectivity index (χ4n) is 1.77. The van der Waals surface area contributed by atoms with Crippen LogP contribution in [0.15, 0.2) is 53.7 Å². The summed E-state index contributed by atoms with van der Waals surface area (Å²) < 4.78 is 18.9. The highest BCUT2D eigenvalue weighted by molar-refractivity contribution is 5.97. The number of hydrogen-bond acceptors (Lipinski definition) is 3. The molecule has 2 aromatic rings. The molecule has 0 spiro atoms. The number of hydrogen-bond donors (Lipinski definition) is 2. The van der Waals surface area contributed by atoms with Crippen molar-refractivity contribution < 1.29 is 14.3 Å². The highest BCUT2D eigenvalue weighted by Crippen LogP contribution is 2.11. The van der Waals surface area contributed by atoms with Gasteiger partial charge in [0.15, 0.2) is 5.84 Å². The summed E-state index contributed by atoms with van der Waals surface area (Å²) in [5.41, 5.74) is 7.50. The van der Waals surface area contributed by atoms with E-state index in [1.165, 1.54) is 6.07 Å². The van der Waals surface area contributed by atoms with Gasteiger partial charge in [0.1, 0.15) is 5.82 Å². The molecule has 3 N–H and O–H groups in total. The van der Waals surface area contributed by atoms with Crippen LogP contribution in [0.2, 0.25) is 0 Å². The third-order valence-corrected chi connectivity index (χ3v) is 2.81. The molecule has 0 heterocycles. The van der Waals surface area contributed by atoms with Crippen molar-refractivity contribution in [1.82, 2.24) is 0 Å². The lowest BCUT2D eigenvalue weighted by Gasteiger charge is -2.07. The van der Waals surface area contributed by atoms with Gasteiger partial charge in [-0.25, -0.2) is 4.39 Å². The second kappa shape index (κ2) is 6.68. The van der Waals surface area contributed by atoms with Gasteiger partial charge in [-0.3, -0.25) is 0 Å². The maximum Gasteiger partial charge on any atom is 0.170 e. The zero-order chi connectivity index (χ0) is 14.4. The van der Waals surface area contributed by atoms with E-state index < -0.39 is 0 Å². The first kappa shape index (κ1) is 14.0. The molecule has 0 unspecified atom stereocenters. The predicted octanol–water partition coefficient (Wildman–Crippen LogP) is 2.64. The maximum atomic E-state index is 13.4. The molecule has 4 nitrogen and oxygen atoms in total. The Kier molecular flexibility index (Phi) is 4.68. The molecule has 0 aliphatic carbocycles. The zero-order valence-corrected chi connectivity index (χ0v) is 10.8. The summed E-state index contributed by atoms with van der Waals surface area (Å²) in [5.74, 6) is -0.237. The van der Waals surface area contributed by atoms with E-state index in [1.54, 1.807) is 36.4 Å². The fourth-order valence-corrected chi connectivity index (χ4v) is 1.77. The van der Waals surface area contributed by atoms with E-state index in [0.29, 0.717) is 17.7 Å². The number of oxime groups is 1. The van der Waals surface area contributed by atoms with E-state index in [9.17, 15) is 4.39 Å². The van der Waals surface area contributed by atoms with Gasteiger partial charge in [0.25, 0.3) is 0 Å². The summed E-state index contributed by atoms with van der Waals surface area (Å²) in [4.78, 5) is 0. The van der Waals surface area contributed by atoms with Gasteiger partial charge in [0.2, 0.25) is 0 Å². The van der Waals surface area contributed by atoms with Crippen molar-refractivity contribution in [3.63, 3.8) is 0 Å². The Hall–Kier alpha value is -2.40. The Morgan fingerprint density at radius 2 is 1.95 bits per heavy atom. The number of benzene rings is 2. The first-order valence-corrected chi connectivity index (χ1v) is 6.08. The molecule has 20 heavy (non-hydrogen) atoms. The number of nitrogens with two attached hydrogens (primary N) is 1. The third kappa shape index (κ3) is 3.55. The van der Waals surface area contributed by atoms with Crippen LogP contribution in [0.5, 0.6) is 0 Å². The Labute approximate surface area is 116 Å². The Bertz CT molecular complexity index is 614. The summed E-state index contributed by atoms with van der Waals surface area (Å²) in [7, 11) is 0. The van der Waals surface area contributed by atoms with Gasteiger partial charge in [0.05, 0.1) is 13.2 Å². The fraction of sp³-hybridized carbons (Fsp3) is 0.133. The van der Waals surface area contributed by atoms with Crippen molar-refractivity contribution in [2.75, 3.05) is 0 Å². The van der Waals surface area contributed by atoms with Crippen molar-refractivity contribution >= 4 is 5.84 Å². The molecule has 0 fully saturated rings. The summed E-state index contributed by atoms with van der Waals surface area (Å²) in [6, 6.07) is 13.6. The summed E-state index contributed by atoms with van der Waals surface area (Å²) in [5, 5.41) is 11.6. The van der Waals surface area contributed by atoms with Crippen LogP contribution in [0.25, 0.3) is 0 Å². The SMILES string of the molecule is NC(=NO)c1cccc(COCc2ccccc2F)c1. The lowest BCUT2D eigenvalue weighted by atomic mass is 10.1. The van der Waals surface area contributed by atoms with Gasteiger partial charge >= 0.3 is 0 Å². The van der Waals surface area contributed by atoms with E-state index in [4.69, 9.17) is 15.7 Å².